The van der Waals surface area contributed by atoms with E-state index in [1.165, 1.54) is 125 Å². The third kappa shape index (κ3) is 19.5. The maximum Gasteiger partial charge on any atom is 0.306 e. The van der Waals surface area contributed by atoms with Crippen molar-refractivity contribution in [3.63, 3.8) is 0 Å². The number of carbonyl (C=O) groups excluding carboxylic acids is 2. The number of aliphatic hydroxyl groups is 1. The van der Waals surface area contributed by atoms with Gasteiger partial charge in [-0.15, -0.1) is 0 Å². The predicted octanol–water partition coefficient (Wildman–Crippen LogP) is 19.3. The molecule has 6 saturated carbocycles. The third-order valence-electron chi connectivity index (χ3n) is 21.4. The smallest absolute Gasteiger partial charge is 0.306 e. The van der Waals surface area contributed by atoms with Crippen molar-refractivity contribution in [1.82, 2.24) is 4.90 Å². The number of allylic oxidation sites excluding steroid dienone is 8. The maximum absolute atomic E-state index is 13.1. The normalized spacial score (nSPS) is 30.5. The van der Waals surface area contributed by atoms with Crippen molar-refractivity contribution in [1.29, 1.82) is 0 Å². The highest BCUT2D eigenvalue weighted by atomic mass is 16.5. The van der Waals surface area contributed by atoms with Gasteiger partial charge in [-0.1, -0.05) is 179 Å². The molecule has 6 rings (SSSR count). The number of unbranched alkanes of at least 4 members (excludes halogenated alkanes) is 7. The number of esters is 2. The molecule has 6 heteroatoms. The van der Waals surface area contributed by atoms with Crippen molar-refractivity contribution in [2.45, 2.75) is 286 Å². The Morgan fingerprint density at radius 3 is 1.36 bits per heavy atom. The number of fused-ring (bicyclic) bond motifs is 2. The number of rotatable bonds is 32. The molecule has 0 radical (unpaired) electrons. The molecule has 0 amide bonds. The topological polar surface area (TPSA) is 76.1 Å². The SMILES string of the molecule is C=C1CCC(OC(=O)CCCCCCN(CCCCO)CCCCCCC(=O)OC2CCC(=C)/C(=C\C=C3/CCCC4(C)C3CCC4C(C)CCCC(C)C)C2)C/C1=C/C=C1\CCCC2(C)C1CCC2C(C)CCCC(C)C. The summed E-state index contributed by atoms with van der Waals surface area (Å²) >= 11 is 0. The summed E-state index contributed by atoms with van der Waals surface area (Å²) in [5.74, 6) is 6.22. The van der Waals surface area contributed by atoms with Crippen LogP contribution in [0, 0.1) is 58.2 Å². The Kier molecular flexibility index (Phi) is 27.1. The number of nitrogens with zero attached hydrogens (tertiary/aromatic N) is 1. The minimum absolute atomic E-state index is 0.0434. The zero-order chi connectivity index (χ0) is 56.1. The zero-order valence-corrected chi connectivity index (χ0v) is 51.9. The van der Waals surface area contributed by atoms with Gasteiger partial charge in [0.15, 0.2) is 0 Å². The highest BCUT2D eigenvalue weighted by molar-refractivity contribution is 5.70. The van der Waals surface area contributed by atoms with E-state index >= 15 is 0 Å². The second-order valence-electron chi connectivity index (χ2n) is 28.2. The van der Waals surface area contributed by atoms with E-state index in [4.69, 9.17) is 9.47 Å². The maximum atomic E-state index is 13.1. The summed E-state index contributed by atoms with van der Waals surface area (Å²) in [7, 11) is 0. The van der Waals surface area contributed by atoms with Crippen LogP contribution in [0.5, 0.6) is 0 Å². The van der Waals surface area contributed by atoms with Gasteiger partial charge in [0.05, 0.1) is 0 Å². The molecule has 6 aliphatic rings. The van der Waals surface area contributed by atoms with E-state index < -0.39 is 0 Å². The molecule has 0 spiro atoms. The molecule has 10 atom stereocenters. The van der Waals surface area contributed by atoms with E-state index in [9.17, 15) is 14.7 Å². The van der Waals surface area contributed by atoms with Crippen molar-refractivity contribution >= 4 is 11.9 Å². The highest BCUT2D eigenvalue weighted by Crippen LogP contribution is 2.61. The second-order valence-corrected chi connectivity index (χ2v) is 28.2. The van der Waals surface area contributed by atoms with Crippen molar-refractivity contribution in [3.8, 4) is 0 Å². The van der Waals surface area contributed by atoms with Crippen molar-refractivity contribution in [2.75, 3.05) is 26.2 Å². The summed E-state index contributed by atoms with van der Waals surface area (Å²) in [5.41, 5.74) is 9.19. The first kappa shape index (κ1) is 64.5. The minimum Gasteiger partial charge on any atom is -0.462 e. The lowest BCUT2D eigenvalue weighted by molar-refractivity contribution is -0.150. The number of carbonyl (C=O) groups is 2. The van der Waals surface area contributed by atoms with E-state index in [1.54, 1.807) is 11.1 Å². The lowest BCUT2D eigenvalue weighted by Crippen LogP contribution is -2.36. The Balaban J connectivity index is 0.836. The van der Waals surface area contributed by atoms with E-state index in [0.29, 0.717) is 35.5 Å². The molecule has 1 N–H and O–H groups in total. The van der Waals surface area contributed by atoms with Gasteiger partial charge in [-0.2, -0.15) is 0 Å². The Morgan fingerprint density at radius 2 is 0.949 bits per heavy atom. The van der Waals surface area contributed by atoms with Crippen LogP contribution in [0.4, 0.5) is 0 Å². The molecular formula is C72H119NO5. The molecular weight excluding hydrogens is 959 g/mol. The van der Waals surface area contributed by atoms with Crippen LogP contribution in [0.2, 0.25) is 0 Å². The zero-order valence-electron chi connectivity index (χ0n) is 51.9. The van der Waals surface area contributed by atoms with Crippen LogP contribution in [0.1, 0.15) is 274 Å². The molecule has 442 valence electrons. The van der Waals surface area contributed by atoms with Crippen molar-refractivity contribution in [2.24, 2.45) is 58.2 Å². The summed E-state index contributed by atoms with van der Waals surface area (Å²) < 4.78 is 12.2. The van der Waals surface area contributed by atoms with Crippen molar-refractivity contribution in [3.05, 3.63) is 70.9 Å². The van der Waals surface area contributed by atoms with Crippen LogP contribution < -0.4 is 0 Å². The lowest BCUT2D eigenvalue weighted by atomic mass is 9.60. The summed E-state index contributed by atoms with van der Waals surface area (Å²) in [6.45, 7) is 32.0. The Bertz CT molecular complexity index is 1870. The monoisotopic (exact) mass is 1080 g/mol. The van der Waals surface area contributed by atoms with E-state index in [1.807, 2.05) is 0 Å². The van der Waals surface area contributed by atoms with Crippen LogP contribution in [-0.2, 0) is 19.1 Å². The lowest BCUT2D eigenvalue weighted by Gasteiger charge is -2.44. The van der Waals surface area contributed by atoms with Gasteiger partial charge in [-0.25, -0.2) is 0 Å². The highest BCUT2D eigenvalue weighted by Gasteiger charge is 2.51. The number of ether oxygens (including phenoxy) is 2. The Labute approximate surface area is 480 Å². The molecule has 10 unspecified atom stereocenters. The molecule has 0 aromatic carbocycles. The van der Waals surface area contributed by atoms with Gasteiger partial charge in [-0.3, -0.25) is 9.59 Å². The number of aliphatic hydroxyl groups excluding tert-OH is 1. The molecule has 0 aromatic rings. The first-order valence-corrected chi connectivity index (χ1v) is 33.4. The second kappa shape index (κ2) is 32.8. The number of hydrogen-bond donors (Lipinski definition) is 1. The fourth-order valence-electron chi connectivity index (χ4n) is 16.7. The van der Waals surface area contributed by atoms with E-state index in [-0.39, 0.29) is 30.8 Å². The molecule has 6 aliphatic carbocycles. The standard InChI is InChI=1S/C72H119NO5/c1-53(2)25-21-27-57(7)65-41-43-67-59(29-23-45-71(65,67)9)35-37-61-51-63(39-33-55(61)5)77-69(75)31-15-11-13-17-47-73(49-19-20-50-74)48-18-14-12-16-32-70(76)78-64-40-34-56(6)62(52-64)38-36-60-30-24-46-72(10)66(42-44-68(60)72)58(8)28-22-26-54(3)4/h35-38,53-54,57-58,63-68,74H,5-6,11-34,39-52H2,1-4,7-10H3/b59-35+,60-36+,61-37-,62-38-. The van der Waals surface area contributed by atoms with E-state index in [0.717, 1.165) is 158 Å². The summed E-state index contributed by atoms with van der Waals surface area (Å²) in [4.78, 5) is 28.8. The van der Waals surface area contributed by atoms with Gasteiger partial charge in [-0.05, 0) is 217 Å². The fraction of sp³-hybridized carbons (Fsp3) is 0.806. The summed E-state index contributed by atoms with van der Waals surface area (Å²) in [6, 6.07) is 0. The summed E-state index contributed by atoms with van der Waals surface area (Å²) in [5, 5.41) is 9.48. The van der Waals surface area contributed by atoms with Gasteiger partial charge in [0.1, 0.15) is 12.2 Å². The molecule has 0 aromatic heterocycles. The Morgan fingerprint density at radius 1 is 0.538 bits per heavy atom. The Hall–Kier alpha value is -2.70. The van der Waals surface area contributed by atoms with Crippen LogP contribution in [0.3, 0.4) is 0 Å². The molecule has 78 heavy (non-hydrogen) atoms. The largest absolute Gasteiger partial charge is 0.462 e. The van der Waals surface area contributed by atoms with Gasteiger partial charge in [0.25, 0.3) is 0 Å². The first-order valence-electron chi connectivity index (χ1n) is 33.4. The molecule has 6 nitrogen and oxygen atoms in total. The van der Waals surface area contributed by atoms with Gasteiger partial charge < -0.3 is 19.5 Å². The average molecular weight is 1080 g/mol. The van der Waals surface area contributed by atoms with Crippen molar-refractivity contribution < 1.29 is 24.2 Å². The molecule has 0 heterocycles. The molecule has 0 bridgehead atoms. The van der Waals surface area contributed by atoms with Crippen LogP contribution in [0.25, 0.3) is 0 Å². The average Bonchev–Trinajstić information content (AvgIpc) is 4.08. The van der Waals surface area contributed by atoms with Gasteiger partial charge >= 0.3 is 11.9 Å². The van der Waals surface area contributed by atoms with Crippen LogP contribution >= 0.6 is 0 Å². The van der Waals surface area contributed by atoms with Gasteiger partial charge in [0, 0.05) is 32.3 Å². The van der Waals surface area contributed by atoms with E-state index in [2.05, 4.69) is 97.8 Å². The molecule has 0 saturated heterocycles. The van der Waals surface area contributed by atoms with Gasteiger partial charge in [0.2, 0.25) is 0 Å². The predicted molar refractivity (Wildman–Crippen MR) is 329 cm³/mol. The minimum atomic E-state index is -0.0444. The van der Waals surface area contributed by atoms with Crippen LogP contribution in [0.15, 0.2) is 70.9 Å². The van der Waals surface area contributed by atoms with Crippen LogP contribution in [-0.4, -0.2) is 60.4 Å². The quantitative estimate of drug-likeness (QED) is 0.0534. The first-order chi connectivity index (χ1) is 37.5. The molecule has 6 fully saturated rings. The number of hydrogen-bond acceptors (Lipinski definition) is 6. The third-order valence-corrected chi connectivity index (χ3v) is 21.4. The summed E-state index contributed by atoms with van der Waals surface area (Å²) in [6.07, 6.45) is 47.3. The fourth-order valence-corrected chi connectivity index (χ4v) is 16.7. The molecule has 0 aliphatic heterocycles.